The summed E-state index contributed by atoms with van der Waals surface area (Å²) in [6.45, 7) is 9.65. The van der Waals surface area contributed by atoms with Gasteiger partial charge in [-0.2, -0.15) is 0 Å². The largest absolute Gasteiger partial charge is 0.325 e. The molecule has 0 radical (unpaired) electrons. The number of hydrogen-bond acceptors (Lipinski definition) is 3. The molecule has 0 spiro atoms. The molecule has 0 saturated carbocycles. The average Bonchev–Trinajstić information content (AvgIpc) is 2.85. The highest BCUT2D eigenvalue weighted by atomic mass is 16.2. The first kappa shape index (κ1) is 19.8. The molecule has 1 aliphatic rings. The Morgan fingerprint density at radius 2 is 1.57 bits per heavy atom. The van der Waals surface area contributed by atoms with Gasteiger partial charge in [0.15, 0.2) is 5.78 Å². The van der Waals surface area contributed by atoms with Crippen LogP contribution in [0, 0.1) is 6.92 Å². The van der Waals surface area contributed by atoms with Gasteiger partial charge in [-0.3, -0.25) is 14.5 Å². The lowest BCUT2D eigenvalue weighted by Gasteiger charge is -2.22. The summed E-state index contributed by atoms with van der Waals surface area (Å²) in [4.78, 5) is 39.1. The van der Waals surface area contributed by atoms with Crippen LogP contribution in [-0.4, -0.2) is 29.2 Å². The van der Waals surface area contributed by atoms with Crippen LogP contribution in [0.2, 0.25) is 0 Å². The Labute approximate surface area is 165 Å². The van der Waals surface area contributed by atoms with Crippen molar-refractivity contribution in [1.29, 1.82) is 0 Å². The number of urea groups is 1. The molecule has 1 saturated heterocycles. The van der Waals surface area contributed by atoms with E-state index in [1.54, 1.807) is 19.1 Å². The third kappa shape index (κ3) is 3.57. The molecule has 28 heavy (non-hydrogen) atoms. The molecule has 2 aromatic rings. The lowest BCUT2D eigenvalue weighted by molar-refractivity contribution is -0.130. The first-order valence-corrected chi connectivity index (χ1v) is 9.37. The monoisotopic (exact) mass is 378 g/mol. The van der Waals surface area contributed by atoms with Crippen molar-refractivity contribution in [3.05, 3.63) is 70.8 Å². The van der Waals surface area contributed by atoms with E-state index >= 15 is 0 Å². The maximum absolute atomic E-state index is 13.0. The van der Waals surface area contributed by atoms with Gasteiger partial charge < -0.3 is 5.32 Å². The Morgan fingerprint density at radius 1 is 1.00 bits per heavy atom. The van der Waals surface area contributed by atoms with Gasteiger partial charge in [-0.1, -0.05) is 74.9 Å². The zero-order valence-electron chi connectivity index (χ0n) is 17.0. The molecule has 5 nitrogen and oxygen atoms in total. The molecule has 3 amide bonds. The van der Waals surface area contributed by atoms with Gasteiger partial charge in [0, 0.05) is 5.56 Å². The van der Waals surface area contributed by atoms with Crippen molar-refractivity contribution in [1.82, 2.24) is 10.2 Å². The number of ketones is 1. The van der Waals surface area contributed by atoms with Gasteiger partial charge in [0.2, 0.25) is 0 Å². The Morgan fingerprint density at radius 3 is 2.11 bits per heavy atom. The summed E-state index contributed by atoms with van der Waals surface area (Å²) in [5, 5.41) is 2.74. The third-order valence-electron chi connectivity index (χ3n) is 5.28. The Hall–Kier alpha value is -2.95. The van der Waals surface area contributed by atoms with E-state index in [1.165, 1.54) is 0 Å². The number of imide groups is 1. The van der Waals surface area contributed by atoms with Crippen LogP contribution >= 0.6 is 0 Å². The minimum atomic E-state index is -1.17. The van der Waals surface area contributed by atoms with Crippen molar-refractivity contribution in [2.75, 3.05) is 6.54 Å². The summed E-state index contributed by atoms with van der Waals surface area (Å²) in [5.74, 6) is -0.682. The second kappa shape index (κ2) is 6.89. The molecule has 1 heterocycles. The minimum Gasteiger partial charge on any atom is -0.319 e. The fraction of sp³-hybridized carbons (Fsp3) is 0.348. The van der Waals surface area contributed by atoms with Crippen molar-refractivity contribution in [3.63, 3.8) is 0 Å². The molecule has 0 aliphatic carbocycles. The minimum absolute atomic E-state index is 0.0117. The molecule has 0 aromatic heterocycles. The van der Waals surface area contributed by atoms with Crippen molar-refractivity contribution < 1.29 is 14.4 Å². The number of aryl methyl sites for hydroxylation is 1. The summed E-state index contributed by atoms with van der Waals surface area (Å²) in [6, 6.07) is 14.2. The van der Waals surface area contributed by atoms with E-state index in [-0.39, 0.29) is 17.7 Å². The van der Waals surface area contributed by atoms with Crippen LogP contribution in [0.25, 0.3) is 0 Å². The zero-order chi connectivity index (χ0) is 20.7. The molecular formula is C23H26N2O3. The van der Waals surface area contributed by atoms with Crippen LogP contribution in [0.4, 0.5) is 4.79 Å². The van der Waals surface area contributed by atoms with E-state index in [0.717, 1.165) is 16.0 Å². The maximum atomic E-state index is 13.0. The van der Waals surface area contributed by atoms with Crippen LogP contribution in [0.15, 0.2) is 48.5 Å². The number of amides is 3. The number of rotatable bonds is 4. The molecule has 146 valence electrons. The second-order valence-corrected chi connectivity index (χ2v) is 8.56. The number of benzene rings is 2. The Bertz CT molecular complexity index is 924. The van der Waals surface area contributed by atoms with E-state index in [4.69, 9.17) is 0 Å². The average molecular weight is 378 g/mol. The van der Waals surface area contributed by atoms with E-state index in [1.807, 2.05) is 43.3 Å². The SMILES string of the molecule is Cc1ccc([C@@]2(C)NC(=O)N(CC(=O)c3ccc(C(C)(C)C)cc3)C2=O)cc1. The van der Waals surface area contributed by atoms with Crippen LogP contribution in [0.3, 0.4) is 0 Å². The van der Waals surface area contributed by atoms with Crippen LogP contribution in [-0.2, 0) is 15.7 Å². The number of nitrogens with one attached hydrogen (secondary N) is 1. The lowest BCUT2D eigenvalue weighted by Crippen LogP contribution is -2.41. The molecule has 1 aliphatic heterocycles. The normalized spacial score (nSPS) is 19.7. The number of hydrogen-bond donors (Lipinski definition) is 1. The molecule has 1 fully saturated rings. The van der Waals surface area contributed by atoms with Crippen LogP contribution in [0.5, 0.6) is 0 Å². The smallest absolute Gasteiger partial charge is 0.319 e. The summed E-state index contributed by atoms with van der Waals surface area (Å²) < 4.78 is 0. The maximum Gasteiger partial charge on any atom is 0.325 e. The number of nitrogens with zero attached hydrogens (tertiary/aromatic N) is 1. The first-order valence-electron chi connectivity index (χ1n) is 9.37. The highest BCUT2D eigenvalue weighted by molar-refractivity contribution is 6.11. The summed E-state index contributed by atoms with van der Waals surface area (Å²) in [6.07, 6.45) is 0. The van der Waals surface area contributed by atoms with Crippen molar-refractivity contribution in [2.24, 2.45) is 0 Å². The number of Topliss-reactive ketones (excluding diaryl/α,β-unsaturated/α-hetero) is 1. The van der Waals surface area contributed by atoms with Crippen LogP contribution < -0.4 is 5.32 Å². The molecule has 2 aromatic carbocycles. The highest BCUT2D eigenvalue weighted by Gasteiger charge is 2.49. The highest BCUT2D eigenvalue weighted by Crippen LogP contribution is 2.29. The predicted octanol–water partition coefficient (Wildman–Crippen LogP) is 3.94. The van der Waals surface area contributed by atoms with E-state index in [9.17, 15) is 14.4 Å². The summed E-state index contributed by atoms with van der Waals surface area (Å²) in [7, 11) is 0. The Kier molecular flexibility index (Phi) is 4.88. The summed E-state index contributed by atoms with van der Waals surface area (Å²) >= 11 is 0. The molecule has 1 atom stereocenters. The first-order chi connectivity index (χ1) is 13.0. The van der Waals surface area contributed by atoms with Gasteiger partial charge in [0.25, 0.3) is 5.91 Å². The fourth-order valence-corrected chi connectivity index (χ4v) is 3.31. The number of carbonyl (C=O) groups is 3. The zero-order valence-corrected chi connectivity index (χ0v) is 17.0. The van der Waals surface area contributed by atoms with Crippen molar-refractivity contribution in [2.45, 2.75) is 45.6 Å². The lowest BCUT2D eigenvalue weighted by atomic mass is 9.86. The molecule has 0 unspecified atom stereocenters. The molecular weight excluding hydrogens is 352 g/mol. The topological polar surface area (TPSA) is 66.5 Å². The molecule has 3 rings (SSSR count). The summed E-state index contributed by atoms with van der Waals surface area (Å²) in [5.41, 5.74) is 2.18. The quantitative estimate of drug-likeness (QED) is 0.647. The molecule has 1 N–H and O–H groups in total. The van der Waals surface area contributed by atoms with Gasteiger partial charge in [0.1, 0.15) is 5.54 Å². The fourth-order valence-electron chi connectivity index (χ4n) is 3.31. The van der Waals surface area contributed by atoms with Crippen molar-refractivity contribution >= 4 is 17.7 Å². The molecule has 5 heteroatoms. The van der Waals surface area contributed by atoms with Crippen LogP contribution in [0.1, 0.15) is 54.7 Å². The predicted molar refractivity (Wildman–Crippen MR) is 108 cm³/mol. The third-order valence-corrected chi connectivity index (χ3v) is 5.28. The van der Waals surface area contributed by atoms with E-state index < -0.39 is 17.5 Å². The van der Waals surface area contributed by atoms with Gasteiger partial charge in [0.05, 0.1) is 6.54 Å². The van der Waals surface area contributed by atoms with Gasteiger partial charge in [-0.05, 0) is 30.4 Å². The second-order valence-electron chi connectivity index (χ2n) is 8.56. The molecule has 0 bridgehead atoms. The van der Waals surface area contributed by atoms with E-state index in [2.05, 4.69) is 26.1 Å². The van der Waals surface area contributed by atoms with Crippen molar-refractivity contribution in [3.8, 4) is 0 Å². The Balaban J connectivity index is 1.79. The standard InChI is InChI=1S/C23H26N2O3/c1-15-6-10-18(11-7-15)23(5)20(27)25(21(28)24-23)14-19(26)16-8-12-17(13-9-16)22(2,3)4/h6-13H,14H2,1-5H3,(H,24,28)/t23-/m1/s1. The van der Waals surface area contributed by atoms with Gasteiger partial charge in [-0.15, -0.1) is 0 Å². The van der Waals surface area contributed by atoms with Gasteiger partial charge in [-0.25, -0.2) is 4.79 Å². The number of carbonyl (C=O) groups excluding carboxylic acids is 3. The van der Waals surface area contributed by atoms with Gasteiger partial charge >= 0.3 is 6.03 Å². The van der Waals surface area contributed by atoms with E-state index in [0.29, 0.717) is 11.1 Å².